The normalized spacial score (nSPS) is 17.9. The first-order valence-corrected chi connectivity index (χ1v) is 7.59. The molecule has 1 aromatic rings. The molecule has 1 fully saturated rings. The van der Waals surface area contributed by atoms with E-state index >= 15 is 0 Å². The summed E-state index contributed by atoms with van der Waals surface area (Å²) in [6, 6.07) is 10.0. The van der Waals surface area contributed by atoms with Crippen LogP contribution < -0.4 is 0 Å². The van der Waals surface area contributed by atoms with Gasteiger partial charge in [-0.25, -0.2) is 0 Å². The van der Waals surface area contributed by atoms with Gasteiger partial charge in [-0.2, -0.15) is 5.26 Å². The zero-order valence-electron chi connectivity index (χ0n) is 13.4. The summed E-state index contributed by atoms with van der Waals surface area (Å²) in [5.74, 6) is -0.216. The van der Waals surface area contributed by atoms with Crippen molar-refractivity contribution in [2.75, 3.05) is 26.2 Å². The number of carbonyl (C=O) groups is 1. The molecule has 0 saturated carbocycles. The highest BCUT2D eigenvalue weighted by molar-refractivity contribution is 5.84. The van der Waals surface area contributed by atoms with Crippen LogP contribution >= 0.6 is 0 Å². The molecule has 1 aliphatic heterocycles. The maximum atomic E-state index is 12.1. The average Bonchev–Trinajstić information content (AvgIpc) is 2.53. The van der Waals surface area contributed by atoms with Gasteiger partial charge >= 0.3 is 0 Å². The van der Waals surface area contributed by atoms with Gasteiger partial charge in [0.2, 0.25) is 0 Å². The molecular formula is C17H23N3O2. The first-order chi connectivity index (χ1) is 10.3. The molecule has 1 aliphatic rings. The molecule has 2 rings (SSSR count). The van der Waals surface area contributed by atoms with E-state index in [4.69, 9.17) is 5.26 Å². The molecular weight excluding hydrogens is 278 g/mol. The van der Waals surface area contributed by atoms with Gasteiger partial charge in [0, 0.05) is 32.2 Å². The van der Waals surface area contributed by atoms with E-state index in [0.717, 1.165) is 18.7 Å². The number of amides is 1. The molecule has 1 saturated heterocycles. The topological polar surface area (TPSA) is 67.6 Å². The van der Waals surface area contributed by atoms with Crippen molar-refractivity contribution >= 4 is 5.91 Å². The van der Waals surface area contributed by atoms with E-state index in [0.29, 0.717) is 18.7 Å². The lowest BCUT2D eigenvalue weighted by Gasteiger charge is -2.39. The summed E-state index contributed by atoms with van der Waals surface area (Å²) in [6.07, 6.45) is 0. The van der Waals surface area contributed by atoms with E-state index in [1.807, 2.05) is 18.2 Å². The van der Waals surface area contributed by atoms with E-state index in [1.165, 1.54) is 13.8 Å². The standard InChI is InChI=1S/C17H23N3O2/c1-13(15-6-4-5-14(11-15)12-18)19-7-9-20(10-8-19)16(21)17(2,3)22/h4-6,11,13,22H,7-10H2,1-3H3/t13-/m0/s1. The summed E-state index contributed by atoms with van der Waals surface area (Å²) in [6.45, 7) is 7.93. The molecule has 5 nitrogen and oxygen atoms in total. The van der Waals surface area contributed by atoms with Crippen molar-refractivity contribution in [1.29, 1.82) is 5.26 Å². The zero-order chi connectivity index (χ0) is 16.3. The van der Waals surface area contributed by atoms with Gasteiger partial charge in [0.05, 0.1) is 11.6 Å². The van der Waals surface area contributed by atoms with Crippen molar-refractivity contribution in [3.8, 4) is 6.07 Å². The van der Waals surface area contributed by atoms with E-state index in [-0.39, 0.29) is 11.9 Å². The minimum Gasteiger partial charge on any atom is -0.381 e. The molecule has 118 valence electrons. The summed E-state index contributed by atoms with van der Waals surface area (Å²) in [5.41, 5.74) is 0.469. The second-order valence-corrected chi connectivity index (χ2v) is 6.30. The number of hydrogen-bond donors (Lipinski definition) is 1. The van der Waals surface area contributed by atoms with Gasteiger partial charge in [-0.15, -0.1) is 0 Å². The van der Waals surface area contributed by atoms with Gasteiger partial charge in [-0.3, -0.25) is 9.69 Å². The predicted molar refractivity (Wildman–Crippen MR) is 84.0 cm³/mol. The van der Waals surface area contributed by atoms with E-state index in [1.54, 1.807) is 11.0 Å². The highest BCUT2D eigenvalue weighted by Gasteiger charge is 2.32. The largest absolute Gasteiger partial charge is 0.381 e. The highest BCUT2D eigenvalue weighted by Crippen LogP contribution is 2.23. The number of aliphatic hydroxyl groups is 1. The van der Waals surface area contributed by atoms with Crippen LogP contribution in [0.25, 0.3) is 0 Å². The maximum Gasteiger partial charge on any atom is 0.254 e. The number of nitrogens with zero attached hydrogens (tertiary/aromatic N) is 3. The molecule has 0 aliphatic carbocycles. The maximum absolute atomic E-state index is 12.1. The van der Waals surface area contributed by atoms with Gasteiger partial charge in [-0.05, 0) is 38.5 Å². The van der Waals surface area contributed by atoms with Crippen LogP contribution in [0.4, 0.5) is 0 Å². The van der Waals surface area contributed by atoms with E-state index < -0.39 is 5.60 Å². The number of hydrogen-bond acceptors (Lipinski definition) is 4. The van der Waals surface area contributed by atoms with Crippen LogP contribution in [-0.4, -0.2) is 52.6 Å². The van der Waals surface area contributed by atoms with Gasteiger partial charge in [0.15, 0.2) is 0 Å². The fraction of sp³-hybridized carbons (Fsp3) is 0.529. The molecule has 1 amide bonds. The number of rotatable bonds is 3. The molecule has 0 radical (unpaired) electrons. The monoisotopic (exact) mass is 301 g/mol. The lowest BCUT2D eigenvalue weighted by Crippen LogP contribution is -2.54. The van der Waals surface area contributed by atoms with Crippen LogP contribution in [0.3, 0.4) is 0 Å². The third-order valence-electron chi connectivity index (χ3n) is 4.17. The molecule has 1 heterocycles. The number of benzene rings is 1. The Labute approximate surface area is 131 Å². The SMILES string of the molecule is C[C@@H](c1cccc(C#N)c1)N1CCN(C(=O)C(C)(C)O)CC1. The van der Waals surface area contributed by atoms with Crippen molar-refractivity contribution in [2.45, 2.75) is 32.4 Å². The molecule has 0 unspecified atom stereocenters. The zero-order valence-corrected chi connectivity index (χ0v) is 13.4. The number of piperazine rings is 1. The summed E-state index contributed by atoms with van der Waals surface area (Å²) in [4.78, 5) is 16.1. The minimum atomic E-state index is -1.31. The molecule has 1 aromatic carbocycles. The van der Waals surface area contributed by atoms with Crippen LogP contribution in [0.15, 0.2) is 24.3 Å². The third kappa shape index (κ3) is 3.65. The van der Waals surface area contributed by atoms with Crippen molar-refractivity contribution in [1.82, 2.24) is 9.80 Å². The Morgan fingerprint density at radius 1 is 1.32 bits per heavy atom. The third-order valence-corrected chi connectivity index (χ3v) is 4.17. The lowest BCUT2D eigenvalue weighted by atomic mass is 10.0. The van der Waals surface area contributed by atoms with Crippen molar-refractivity contribution in [3.63, 3.8) is 0 Å². The lowest BCUT2D eigenvalue weighted by molar-refractivity contribution is -0.149. The van der Waals surface area contributed by atoms with Gasteiger partial charge in [-0.1, -0.05) is 12.1 Å². The van der Waals surface area contributed by atoms with Crippen LogP contribution in [0.2, 0.25) is 0 Å². The number of nitriles is 1. The Bertz CT molecular complexity index is 578. The Kier molecular flexibility index (Phi) is 4.84. The van der Waals surface area contributed by atoms with Gasteiger partial charge in [0.1, 0.15) is 5.60 Å². The van der Waals surface area contributed by atoms with Crippen molar-refractivity contribution in [2.24, 2.45) is 0 Å². The molecule has 1 atom stereocenters. The van der Waals surface area contributed by atoms with E-state index in [9.17, 15) is 9.90 Å². The Hall–Kier alpha value is -1.90. The van der Waals surface area contributed by atoms with Crippen LogP contribution in [0.1, 0.15) is 37.9 Å². The van der Waals surface area contributed by atoms with Gasteiger partial charge in [0.25, 0.3) is 5.91 Å². The Morgan fingerprint density at radius 2 is 1.95 bits per heavy atom. The number of carbonyl (C=O) groups excluding carboxylic acids is 1. The summed E-state index contributed by atoms with van der Waals surface area (Å²) < 4.78 is 0. The molecule has 1 N–H and O–H groups in total. The van der Waals surface area contributed by atoms with Crippen LogP contribution in [0.5, 0.6) is 0 Å². The second kappa shape index (κ2) is 6.47. The Morgan fingerprint density at radius 3 is 2.50 bits per heavy atom. The van der Waals surface area contributed by atoms with Crippen molar-refractivity contribution in [3.05, 3.63) is 35.4 Å². The van der Waals surface area contributed by atoms with Gasteiger partial charge < -0.3 is 10.0 Å². The molecule has 0 spiro atoms. The molecule has 0 bridgehead atoms. The first-order valence-electron chi connectivity index (χ1n) is 7.59. The Balaban J connectivity index is 1.99. The van der Waals surface area contributed by atoms with Crippen molar-refractivity contribution < 1.29 is 9.90 Å². The quantitative estimate of drug-likeness (QED) is 0.919. The second-order valence-electron chi connectivity index (χ2n) is 6.30. The summed E-state index contributed by atoms with van der Waals surface area (Å²) >= 11 is 0. The summed E-state index contributed by atoms with van der Waals surface area (Å²) in [5, 5.41) is 18.8. The minimum absolute atomic E-state index is 0.202. The average molecular weight is 301 g/mol. The fourth-order valence-corrected chi connectivity index (χ4v) is 2.78. The van der Waals surface area contributed by atoms with E-state index in [2.05, 4.69) is 17.9 Å². The molecule has 22 heavy (non-hydrogen) atoms. The molecule has 5 heteroatoms. The van der Waals surface area contributed by atoms with Crippen LogP contribution in [-0.2, 0) is 4.79 Å². The van der Waals surface area contributed by atoms with Crippen LogP contribution in [0, 0.1) is 11.3 Å². The smallest absolute Gasteiger partial charge is 0.254 e. The highest BCUT2D eigenvalue weighted by atomic mass is 16.3. The first kappa shape index (κ1) is 16.5. The fourth-order valence-electron chi connectivity index (χ4n) is 2.78. The summed E-state index contributed by atoms with van der Waals surface area (Å²) in [7, 11) is 0. The predicted octanol–water partition coefficient (Wildman–Crippen LogP) is 1.53. The molecule has 0 aromatic heterocycles.